The number of H-pyrrole nitrogens is 1. The molecule has 0 unspecified atom stereocenters. The Morgan fingerprint density at radius 1 is 1.12 bits per heavy atom. The van der Waals surface area contributed by atoms with Crippen molar-refractivity contribution in [2.24, 2.45) is 0 Å². The lowest BCUT2D eigenvalue weighted by Crippen LogP contribution is -2.31. The van der Waals surface area contributed by atoms with Gasteiger partial charge in [0, 0.05) is 41.7 Å². The minimum atomic E-state index is -0.213. The number of carbonyl (C=O) groups is 2. The Morgan fingerprint density at radius 2 is 1.96 bits per heavy atom. The molecular formula is C19H16N4O2. The summed E-state index contributed by atoms with van der Waals surface area (Å²) in [5.41, 5.74) is 3.88. The van der Waals surface area contributed by atoms with Crippen LogP contribution in [0.2, 0.25) is 0 Å². The molecule has 3 N–H and O–H groups in total. The molecular weight excluding hydrogens is 316 g/mol. The van der Waals surface area contributed by atoms with Gasteiger partial charge in [0.1, 0.15) is 5.82 Å². The molecule has 124 valence electrons. The second kappa shape index (κ2) is 6.24. The van der Waals surface area contributed by atoms with Gasteiger partial charge in [-0.3, -0.25) is 9.59 Å². The first-order chi connectivity index (χ1) is 12.2. The number of hydrogen-bond donors (Lipinski definition) is 3. The number of hydrogen-bond acceptors (Lipinski definition) is 3. The molecule has 0 spiro atoms. The Labute approximate surface area is 144 Å². The Morgan fingerprint density at radius 3 is 2.76 bits per heavy atom. The summed E-state index contributed by atoms with van der Waals surface area (Å²) in [6.07, 6.45) is 2.42. The fourth-order valence-electron chi connectivity index (χ4n) is 2.89. The predicted octanol–water partition coefficient (Wildman–Crippen LogP) is 2.61. The van der Waals surface area contributed by atoms with Gasteiger partial charge in [-0.2, -0.15) is 0 Å². The van der Waals surface area contributed by atoms with Crippen LogP contribution in [0.3, 0.4) is 0 Å². The number of pyridine rings is 1. The van der Waals surface area contributed by atoms with Crippen LogP contribution >= 0.6 is 0 Å². The topological polar surface area (TPSA) is 86.9 Å². The number of rotatable bonds is 3. The summed E-state index contributed by atoms with van der Waals surface area (Å²) in [5, 5.41) is 5.63. The van der Waals surface area contributed by atoms with E-state index >= 15 is 0 Å². The molecule has 3 aromatic rings. The number of benzene rings is 1. The molecule has 3 heterocycles. The zero-order valence-electron chi connectivity index (χ0n) is 13.4. The van der Waals surface area contributed by atoms with Gasteiger partial charge in [-0.25, -0.2) is 4.98 Å². The molecule has 0 bridgehead atoms. The maximum atomic E-state index is 12.3. The third-order valence-electron chi connectivity index (χ3n) is 4.15. The molecule has 0 atom stereocenters. The van der Waals surface area contributed by atoms with Crippen LogP contribution in [0.4, 0.5) is 5.82 Å². The van der Waals surface area contributed by atoms with Gasteiger partial charge in [0.05, 0.1) is 5.56 Å². The molecule has 2 amide bonds. The number of carbonyl (C=O) groups excluding carboxylic acids is 2. The first-order valence-electron chi connectivity index (χ1n) is 8.03. The third kappa shape index (κ3) is 3.01. The highest BCUT2D eigenvalue weighted by atomic mass is 16.2. The lowest BCUT2D eigenvalue weighted by atomic mass is 10.1. The zero-order valence-corrected chi connectivity index (χ0v) is 13.4. The van der Waals surface area contributed by atoms with Crippen molar-refractivity contribution in [3.05, 3.63) is 71.5 Å². The van der Waals surface area contributed by atoms with E-state index in [1.807, 2.05) is 30.3 Å². The number of aromatic amines is 1. The van der Waals surface area contributed by atoms with E-state index in [9.17, 15) is 9.59 Å². The van der Waals surface area contributed by atoms with Crippen molar-refractivity contribution in [3.8, 4) is 11.3 Å². The minimum Gasteiger partial charge on any atom is -0.358 e. The number of amides is 2. The summed E-state index contributed by atoms with van der Waals surface area (Å²) in [6.45, 7) is 0.639. The second-order valence-electron chi connectivity index (χ2n) is 5.83. The highest BCUT2D eigenvalue weighted by Gasteiger charge is 2.20. The normalized spacial score (nSPS) is 13.0. The summed E-state index contributed by atoms with van der Waals surface area (Å²) >= 11 is 0. The largest absolute Gasteiger partial charge is 0.358 e. The van der Waals surface area contributed by atoms with Gasteiger partial charge in [0.2, 0.25) is 0 Å². The van der Waals surface area contributed by atoms with Crippen LogP contribution in [0.15, 0.2) is 54.7 Å². The van der Waals surface area contributed by atoms with Crippen molar-refractivity contribution in [1.82, 2.24) is 15.3 Å². The molecule has 0 radical (unpaired) electrons. The number of fused-ring (bicyclic) bond motifs is 1. The molecule has 6 heteroatoms. The summed E-state index contributed by atoms with van der Waals surface area (Å²) in [5.74, 6) is 0.189. The Kier molecular flexibility index (Phi) is 3.78. The number of nitrogens with one attached hydrogen (secondary N) is 3. The van der Waals surface area contributed by atoms with Crippen molar-refractivity contribution in [3.63, 3.8) is 0 Å². The van der Waals surface area contributed by atoms with Crippen LogP contribution in [0.1, 0.15) is 26.4 Å². The fraction of sp³-hybridized carbons (Fsp3) is 0.105. The first-order valence-corrected chi connectivity index (χ1v) is 8.03. The van der Waals surface area contributed by atoms with E-state index < -0.39 is 0 Å². The van der Waals surface area contributed by atoms with Crippen LogP contribution in [-0.4, -0.2) is 28.3 Å². The maximum absolute atomic E-state index is 12.3. The number of aromatic nitrogens is 2. The Balaban J connectivity index is 1.60. The Bertz CT molecular complexity index is 947. The molecule has 1 aliphatic rings. The van der Waals surface area contributed by atoms with Gasteiger partial charge in [-0.1, -0.05) is 18.2 Å². The summed E-state index contributed by atoms with van der Waals surface area (Å²) in [6, 6.07) is 14.4. The van der Waals surface area contributed by atoms with Gasteiger partial charge in [-0.15, -0.1) is 0 Å². The molecule has 6 nitrogen and oxygen atoms in total. The van der Waals surface area contributed by atoms with Crippen LogP contribution in [0.5, 0.6) is 0 Å². The zero-order chi connectivity index (χ0) is 17.2. The number of anilines is 1. The molecule has 0 aliphatic carbocycles. The van der Waals surface area contributed by atoms with Crippen molar-refractivity contribution in [2.75, 3.05) is 11.9 Å². The van der Waals surface area contributed by atoms with Crippen molar-refractivity contribution in [1.29, 1.82) is 0 Å². The standard InChI is InChI=1S/C19H16N4O2/c24-18(12-4-2-1-3-5-12)23-17-10-13(6-8-20-17)16-11-14-15(22-16)7-9-21-19(14)25/h1-6,8,10-11,22H,7,9H2,(H,21,25)(H,20,23,24). The van der Waals surface area contributed by atoms with E-state index in [2.05, 4.69) is 20.6 Å². The van der Waals surface area contributed by atoms with E-state index in [1.54, 1.807) is 24.4 Å². The summed E-state index contributed by atoms with van der Waals surface area (Å²) in [4.78, 5) is 31.6. The lowest BCUT2D eigenvalue weighted by Gasteiger charge is -2.11. The molecule has 1 aromatic carbocycles. The van der Waals surface area contributed by atoms with Crippen molar-refractivity contribution < 1.29 is 9.59 Å². The quantitative estimate of drug-likeness (QED) is 0.689. The Hall–Kier alpha value is -3.41. The number of nitrogens with zero attached hydrogens (tertiary/aromatic N) is 1. The lowest BCUT2D eigenvalue weighted by molar-refractivity contribution is 0.0945. The second-order valence-corrected chi connectivity index (χ2v) is 5.83. The van der Waals surface area contributed by atoms with Gasteiger partial charge in [0.25, 0.3) is 11.8 Å². The van der Waals surface area contributed by atoms with Gasteiger partial charge in [0.15, 0.2) is 0 Å². The van der Waals surface area contributed by atoms with Crippen LogP contribution in [-0.2, 0) is 6.42 Å². The third-order valence-corrected chi connectivity index (χ3v) is 4.15. The maximum Gasteiger partial charge on any atom is 0.256 e. The van der Waals surface area contributed by atoms with Crippen LogP contribution in [0, 0.1) is 0 Å². The fourth-order valence-corrected chi connectivity index (χ4v) is 2.89. The molecule has 4 rings (SSSR count). The highest BCUT2D eigenvalue weighted by Crippen LogP contribution is 2.25. The van der Waals surface area contributed by atoms with E-state index in [1.165, 1.54) is 0 Å². The predicted molar refractivity (Wildman–Crippen MR) is 94.5 cm³/mol. The van der Waals surface area contributed by atoms with E-state index in [0.29, 0.717) is 23.5 Å². The molecule has 0 fully saturated rings. The van der Waals surface area contributed by atoms with E-state index in [4.69, 9.17) is 0 Å². The average Bonchev–Trinajstić information content (AvgIpc) is 3.08. The minimum absolute atomic E-state index is 0.0598. The smallest absolute Gasteiger partial charge is 0.256 e. The summed E-state index contributed by atoms with van der Waals surface area (Å²) < 4.78 is 0. The van der Waals surface area contributed by atoms with Crippen molar-refractivity contribution in [2.45, 2.75) is 6.42 Å². The van der Waals surface area contributed by atoms with Crippen LogP contribution in [0.25, 0.3) is 11.3 Å². The molecule has 25 heavy (non-hydrogen) atoms. The van der Waals surface area contributed by atoms with Crippen LogP contribution < -0.4 is 10.6 Å². The van der Waals surface area contributed by atoms with E-state index in [0.717, 1.165) is 23.4 Å². The highest BCUT2D eigenvalue weighted by molar-refractivity contribution is 6.04. The molecule has 2 aromatic heterocycles. The first kappa shape index (κ1) is 15.1. The average molecular weight is 332 g/mol. The molecule has 1 aliphatic heterocycles. The van der Waals surface area contributed by atoms with Gasteiger partial charge in [-0.05, 0) is 30.3 Å². The van der Waals surface area contributed by atoms with E-state index in [-0.39, 0.29) is 11.8 Å². The summed E-state index contributed by atoms with van der Waals surface area (Å²) in [7, 11) is 0. The molecule has 0 saturated carbocycles. The SMILES string of the molecule is O=C(Nc1cc(-c2cc3c([nH]2)CCNC3=O)ccn1)c1ccccc1. The molecule has 0 saturated heterocycles. The van der Waals surface area contributed by atoms with Gasteiger partial charge >= 0.3 is 0 Å². The van der Waals surface area contributed by atoms with Gasteiger partial charge < -0.3 is 15.6 Å². The monoisotopic (exact) mass is 332 g/mol. The van der Waals surface area contributed by atoms with Crippen molar-refractivity contribution >= 4 is 17.6 Å².